The van der Waals surface area contributed by atoms with E-state index in [-0.39, 0.29) is 18.0 Å². The molecule has 7 heteroatoms. The number of amides is 1. The number of nitrogens with one attached hydrogen (secondary N) is 4. The van der Waals surface area contributed by atoms with Gasteiger partial charge in [0.15, 0.2) is 0 Å². The number of aromatic nitrogens is 1. The minimum Gasteiger partial charge on any atom is -0.494 e. The third-order valence-corrected chi connectivity index (χ3v) is 7.27. The molecule has 1 heterocycles. The average Bonchev–Trinajstić information content (AvgIpc) is 3.43. The molecule has 4 N–H and O–H groups in total. The van der Waals surface area contributed by atoms with E-state index < -0.39 is 0 Å². The van der Waals surface area contributed by atoms with Gasteiger partial charge in [-0.15, -0.1) is 0 Å². The van der Waals surface area contributed by atoms with E-state index in [0.717, 1.165) is 65.2 Å². The van der Waals surface area contributed by atoms with Crippen molar-refractivity contribution in [2.24, 2.45) is 0 Å². The van der Waals surface area contributed by atoms with Gasteiger partial charge in [-0.05, 0) is 93.7 Å². The van der Waals surface area contributed by atoms with Gasteiger partial charge >= 0.3 is 0 Å². The number of aryl methyl sites for hydroxylation is 2. The zero-order chi connectivity index (χ0) is 27.8. The summed E-state index contributed by atoms with van der Waals surface area (Å²) in [5, 5.41) is 9.79. The van der Waals surface area contributed by atoms with Crippen LogP contribution in [-0.4, -0.2) is 37.1 Å². The molecule has 1 saturated carbocycles. The summed E-state index contributed by atoms with van der Waals surface area (Å²) in [5.74, 6) is 0.543. The number of pyridine rings is 1. The van der Waals surface area contributed by atoms with Crippen molar-refractivity contribution in [3.05, 3.63) is 87.3 Å². The minimum absolute atomic E-state index is 0.141. The lowest BCUT2D eigenvalue weighted by Crippen LogP contribution is -2.28. The van der Waals surface area contributed by atoms with E-state index in [1.807, 2.05) is 57.3 Å². The smallest absolute Gasteiger partial charge is 0.253 e. The Labute approximate surface area is 231 Å². The maximum atomic E-state index is 13.6. The number of anilines is 1. The minimum atomic E-state index is -0.250. The zero-order valence-corrected chi connectivity index (χ0v) is 23.3. The number of aromatic amines is 1. The lowest BCUT2D eigenvalue weighted by molar-refractivity contribution is 0.0950. The van der Waals surface area contributed by atoms with Crippen LogP contribution in [0.3, 0.4) is 0 Å². The van der Waals surface area contributed by atoms with Gasteiger partial charge in [-0.25, -0.2) is 0 Å². The van der Waals surface area contributed by atoms with Crippen LogP contribution in [0.5, 0.6) is 5.75 Å². The molecule has 0 spiro atoms. The summed E-state index contributed by atoms with van der Waals surface area (Å²) in [6.07, 6.45) is 7.26. The van der Waals surface area contributed by atoms with Crippen LogP contribution in [0.15, 0.2) is 53.8 Å². The van der Waals surface area contributed by atoms with Gasteiger partial charge in [0.1, 0.15) is 5.75 Å². The first-order chi connectivity index (χ1) is 18.9. The van der Waals surface area contributed by atoms with Crippen molar-refractivity contribution in [3.63, 3.8) is 0 Å². The first kappa shape index (κ1) is 28.2. The molecule has 206 valence electrons. The van der Waals surface area contributed by atoms with E-state index in [1.165, 1.54) is 12.8 Å². The van der Waals surface area contributed by atoms with Crippen LogP contribution < -0.4 is 26.2 Å². The van der Waals surface area contributed by atoms with Crippen LogP contribution in [0, 0.1) is 13.8 Å². The van der Waals surface area contributed by atoms with Gasteiger partial charge in [0.2, 0.25) is 0 Å². The number of carbonyl (C=O) groups excluding carboxylic acids is 1. The number of rotatable bonds is 12. The number of H-pyrrole nitrogens is 1. The van der Waals surface area contributed by atoms with Gasteiger partial charge in [0, 0.05) is 40.7 Å². The van der Waals surface area contributed by atoms with Crippen molar-refractivity contribution in [2.75, 3.05) is 25.5 Å². The fraction of sp³-hybridized carbons (Fsp3) is 0.375. The van der Waals surface area contributed by atoms with Gasteiger partial charge < -0.3 is 25.7 Å². The molecule has 0 atom stereocenters. The van der Waals surface area contributed by atoms with Gasteiger partial charge in [0.25, 0.3) is 11.5 Å². The molecule has 2 aromatic carbocycles. The molecule has 0 aliphatic heterocycles. The third kappa shape index (κ3) is 7.18. The molecule has 1 aliphatic carbocycles. The highest BCUT2D eigenvalue weighted by atomic mass is 16.5. The lowest BCUT2D eigenvalue weighted by Gasteiger charge is -2.20. The molecule has 4 rings (SSSR count). The van der Waals surface area contributed by atoms with Crippen molar-refractivity contribution in [1.29, 1.82) is 0 Å². The molecule has 39 heavy (non-hydrogen) atoms. The van der Waals surface area contributed by atoms with Crippen molar-refractivity contribution in [1.82, 2.24) is 15.6 Å². The number of benzene rings is 2. The molecule has 7 nitrogen and oxygen atoms in total. The highest BCUT2D eigenvalue weighted by Gasteiger charge is 2.21. The summed E-state index contributed by atoms with van der Waals surface area (Å²) in [7, 11) is 1.93. The second kappa shape index (κ2) is 13.3. The summed E-state index contributed by atoms with van der Waals surface area (Å²) in [6.45, 7) is 9.42. The lowest BCUT2D eigenvalue weighted by atomic mass is 9.95. The molecule has 0 radical (unpaired) electrons. The highest BCUT2D eigenvalue weighted by molar-refractivity contribution is 6.01. The maximum Gasteiger partial charge on any atom is 0.253 e. The van der Waals surface area contributed by atoms with Gasteiger partial charge in [-0.1, -0.05) is 37.6 Å². The highest BCUT2D eigenvalue weighted by Crippen LogP contribution is 2.34. The molecule has 0 saturated heterocycles. The fourth-order valence-corrected chi connectivity index (χ4v) is 5.21. The average molecular weight is 529 g/mol. The van der Waals surface area contributed by atoms with E-state index in [1.54, 1.807) is 6.08 Å². The molecule has 1 fully saturated rings. The SMILES string of the molecule is C=Cc1c(NC2CCCC2)cc(-c2cccc(OCCCNC)c2)cc1C(=O)NCc1c(C)cc(C)[nH]c1=O. The molecule has 1 aliphatic rings. The van der Waals surface area contributed by atoms with Gasteiger partial charge in [-0.3, -0.25) is 9.59 Å². The zero-order valence-electron chi connectivity index (χ0n) is 23.3. The standard InChI is InChI=1S/C32H40N4O3/c1-5-27-28(31(37)34-20-29-21(2)16-22(3)35-32(29)38)18-24(19-30(27)36-25-11-6-7-12-25)23-10-8-13-26(17-23)39-15-9-14-33-4/h5,8,10,13,16-19,25,33,36H,1,6-7,9,11-12,14-15,20H2,2-4H3,(H,34,37)(H,35,38). The summed E-state index contributed by atoms with van der Waals surface area (Å²) in [5.41, 5.74) is 6.07. The van der Waals surface area contributed by atoms with Crippen LogP contribution in [0.4, 0.5) is 5.69 Å². The number of ether oxygens (including phenoxy) is 1. The Balaban J connectivity index is 1.67. The first-order valence-electron chi connectivity index (χ1n) is 13.8. The Hall–Kier alpha value is -3.84. The Morgan fingerprint density at radius 3 is 2.64 bits per heavy atom. The van der Waals surface area contributed by atoms with Crippen molar-refractivity contribution in [3.8, 4) is 16.9 Å². The molecule has 0 unspecified atom stereocenters. The summed E-state index contributed by atoms with van der Waals surface area (Å²) < 4.78 is 5.97. The van der Waals surface area contributed by atoms with Crippen LogP contribution >= 0.6 is 0 Å². The first-order valence-corrected chi connectivity index (χ1v) is 13.8. The van der Waals surface area contributed by atoms with Gasteiger partial charge in [0.05, 0.1) is 6.61 Å². The fourth-order valence-electron chi connectivity index (χ4n) is 5.21. The summed E-state index contributed by atoms with van der Waals surface area (Å²) in [6, 6.07) is 14.2. The predicted octanol–water partition coefficient (Wildman–Crippen LogP) is 5.57. The second-order valence-corrected chi connectivity index (χ2v) is 10.3. The summed E-state index contributed by atoms with van der Waals surface area (Å²) in [4.78, 5) is 28.9. The normalized spacial score (nSPS) is 13.3. The molecule has 3 aromatic rings. The quantitative estimate of drug-likeness (QED) is 0.230. The van der Waals surface area contributed by atoms with Crippen LogP contribution in [0.2, 0.25) is 0 Å². The molecular formula is C32H40N4O3. The Bertz CT molecular complexity index is 1370. The summed E-state index contributed by atoms with van der Waals surface area (Å²) >= 11 is 0. The van der Waals surface area contributed by atoms with E-state index in [4.69, 9.17) is 4.74 Å². The number of hydrogen-bond acceptors (Lipinski definition) is 5. The van der Waals surface area contributed by atoms with Crippen molar-refractivity contribution >= 4 is 17.7 Å². The van der Waals surface area contributed by atoms with Crippen LogP contribution in [-0.2, 0) is 6.54 Å². The monoisotopic (exact) mass is 528 g/mol. The van der Waals surface area contributed by atoms with E-state index in [9.17, 15) is 9.59 Å². The van der Waals surface area contributed by atoms with Crippen LogP contribution in [0.1, 0.15) is 64.8 Å². The Morgan fingerprint density at radius 1 is 1.13 bits per heavy atom. The predicted molar refractivity (Wildman–Crippen MR) is 160 cm³/mol. The van der Waals surface area contributed by atoms with Crippen LogP contribution in [0.25, 0.3) is 17.2 Å². The van der Waals surface area contributed by atoms with Gasteiger partial charge in [-0.2, -0.15) is 0 Å². The van der Waals surface area contributed by atoms with Crippen molar-refractivity contribution < 1.29 is 9.53 Å². The molecule has 1 aromatic heterocycles. The molecule has 1 amide bonds. The number of hydrogen-bond donors (Lipinski definition) is 4. The molecule has 0 bridgehead atoms. The van der Waals surface area contributed by atoms with E-state index in [0.29, 0.717) is 23.8 Å². The third-order valence-electron chi connectivity index (χ3n) is 7.27. The Kier molecular flexibility index (Phi) is 9.60. The second-order valence-electron chi connectivity index (χ2n) is 10.3. The van der Waals surface area contributed by atoms with Crippen molar-refractivity contribution in [2.45, 2.75) is 58.5 Å². The Morgan fingerprint density at radius 2 is 1.92 bits per heavy atom. The number of carbonyl (C=O) groups is 1. The largest absolute Gasteiger partial charge is 0.494 e. The van der Waals surface area contributed by atoms with E-state index >= 15 is 0 Å². The topological polar surface area (TPSA) is 95.2 Å². The maximum absolute atomic E-state index is 13.6. The van der Waals surface area contributed by atoms with E-state index in [2.05, 4.69) is 33.6 Å². The molecular weight excluding hydrogens is 488 g/mol.